The van der Waals surface area contributed by atoms with Crippen molar-refractivity contribution >= 4 is 74.9 Å². The number of aliphatic hydroxyl groups is 2. The van der Waals surface area contributed by atoms with Crippen LogP contribution in [0.2, 0.25) is 5.02 Å². The van der Waals surface area contributed by atoms with E-state index < -0.39 is 72.1 Å². The number of alkyl carbamates (subject to hydrolysis) is 1. The van der Waals surface area contributed by atoms with Crippen molar-refractivity contribution in [2.75, 3.05) is 31.8 Å². The molecule has 1 aromatic rings. The number of halogens is 1. The number of nitrogens with zero attached hydrogens (tertiary/aromatic N) is 2. The summed E-state index contributed by atoms with van der Waals surface area (Å²) < 4.78 is 17.9. The monoisotopic (exact) mass is 880 g/mol. The van der Waals surface area contributed by atoms with Crippen molar-refractivity contribution in [3.63, 3.8) is 0 Å². The molecule has 15 nitrogen and oxygen atoms in total. The molecule has 4 amide bonds. The summed E-state index contributed by atoms with van der Waals surface area (Å²) in [6.45, 7) is 8.40. The highest BCUT2D eigenvalue weighted by atomic mass is 35.5. The Morgan fingerprint density at radius 3 is 2.61 bits per heavy atom. The third kappa shape index (κ3) is 12.0. The molecule has 4 N–H and O–H groups in total. The zero-order valence-corrected chi connectivity index (χ0v) is 37.2. The Balaban J connectivity index is 1.61. The van der Waals surface area contributed by atoms with Crippen molar-refractivity contribution in [2.24, 2.45) is 11.8 Å². The average Bonchev–Trinajstić information content (AvgIpc) is 3.90. The SMILES string of the molecule is CNC(=O)CCC(C)SSCCC(=O)N(C)[C@@H](C)C(=O)O[C@H]1CC(=O)N(C)c2cc(cc(CO)c2Cl)C/C(C)=C/C=C/[C@@H](C=O)[C@@]2(O)C[C@H](OC(=O)N2)[C@@H](C)[C@@H]2O[C@@]12C. The van der Waals surface area contributed by atoms with E-state index in [1.54, 1.807) is 56.0 Å². The van der Waals surface area contributed by atoms with Gasteiger partial charge in [-0.25, -0.2) is 9.59 Å². The van der Waals surface area contributed by atoms with E-state index in [1.807, 2.05) is 13.8 Å². The Kier molecular flexibility index (Phi) is 16.9. The van der Waals surface area contributed by atoms with Crippen LogP contribution in [-0.4, -0.2) is 119 Å². The molecule has 3 aliphatic rings. The molecule has 3 heterocycles. The first kappa shape index (κ1) is 48.1. The van der Waals surface area contributed by atoms with E-state index in [-0.39, 0.29) is 41.3 Å². The number of carbonyl (C=O) groups excluding carboxylic acids is 6. The molecule has 0 radical (unpaired) electrons. The predicted octanol–water partition coefficient (Wildman–Crippen LogP) is 4.48. The van der Waals surface area contributed by atoms with Crippen molar-refractivity contribution in [1.82, 2.24) is 15.5 Å². The molecule has 59 heavy (non-hydrogen) atoms. The van der Waals surface area contributed by atoms with Gasteiger partial charge < -0.3 is 44.3 Å². The standard InChI is InChI=1S/C41H57ClN4O11S2/c1-23-10-9-11-29(22-48)41(54)20-31(55-39(53)44-41)25(3)37-40(5,57-37)32(19-35(51)46(8)30-18-27(16-23)17-28(21-47)36(30)42)56-38(52)26(4)45(7)34(50)14-15-58-59-24(2)12-13-33(49)43-6/h9-11,17-18,22,24-26,29,31-32,37,47,54H,12-16,19-21H2,1-8H3,(H,43,49)(H,44,53)/b11-9+,23-10+/t24?,25-,26+,29+,31+,32+,37+,40+,41+/m1/s1. The molecule has 0 aromatic heterocycles. The second-order valence-corrected chi connectivity index (χ2v) is 19.0. The summed E-state index contributed by atoms with van der Waals surface area (Å²) in [5.74, 6) is -2.87. The fourth-order valence-corrected chi connectivity index (χ4v) is 9.81. The molecule has 0 aliphatic carbocycles. The first-order valence-electron chi connectivity index (χ1n) is 19.6. The van der Waals surface area contributed by atoms with Crippen molar-refractivity contribution in [2.45, 2.75) is 121 Å². The molecule has 9 atom stereocenters. The summed E-state index contributed by atoms with van der Waals surface area (Å²) in [6, 6.07) is 2.41. The highest BCUT2D eigenvalue weighted by Gasteiger charge is 2.64. The van der Waals surface area contributed by atoms with Gasteiger partial charge in [-0.2, -0.15) is 0 Å². The number of rotatable bonds is 13. The largest absolute Gasteiger partial charge is 0.457 e. The van der Waals surface area contributed by atoms with Crippen LogP contribution < -0.4 is 15.5 Å². The molecule has 0 spiro atoms. The Labute approximate surface area is 358 Å². The number of amides is 4. The lowest BCUT2D eigenvalue weighted by molar-refractivity contribution is -0.161. The van der Waals surface area contributed by atoms with Crippen LogP contribution in [0.3, 0.4) is 0 Å². The van der Waals surface area contributed by atoms with E-state index in [9.17, 15) is 39.0 Å². The number of nitrogens with one attached hydrogen (secondary N) is 2. The Morgan fingerprint density at radius 1 is 1.24 bits per heavy atom. The predicted molar refractivity (Wildman–Crippen MR) is 227 cm³/mol. The van der Waals surface area contributed by atoms with E-state index in [0.717, 1.165) is 11.1 Å². The molecule has 2 fully saturated rings. The van der Waals surface area contributed by atoms with E-state index in [0.29, 0.717) is 42.6 Å². The van der Waals surface area contributed by atoms with Crippen LogP contribution in [0.5, 0.6) is 0 Å². The quantitative estimate of drug-likeness (QED) is 0.0711. The third-order valence-corrected chi connectivity index (χ3v) is 14.7. The molecule has 4 bridgehead atoms. The fourth-order valence-electron chi connectivity index (χ4n) is 7.19. The highest BCUT2D eigenvalue weighted by molar-refractivity contribution is 8.76. The number of fused-ring (bicyclic) bond motifs is 5. The molecule has 0 saturated carbocycles. The number of hydrogen-bond acceptors (Lipinski definition) is 13. The van der Waals surface area contributed by atoms with E-state index in [1.165, 1.54) is 47.7 Å². The van der Waals surface area contributed by atoms with Crippen LogP contribution in [0.4, 0.5) is 10.5 Å². The Morgan fingerprint density at radius 2 is 1.95 bits per heavy atom. The average molecular weight is 882 g/mol. The maximum absolute atomic E-state index is 14.2. The smallest absolute Gasteiger partial charge is 0.409 e. The van der Waals surface area contributed by atoms with Crippen molar-refractivity contribution in [3.05, 3.63) is 52.1 Å². The van der Waals surface area contributed by atoms with Gasteiger partial charge in [-0.05, 0) is 50.8 Å². The van der Waals surface area contributed by atoms with Gasteiger partial charge in [0.25, 0.3) is 0 Å². The lowest BCUT2D eigenvalue weighted by Gasteiger charge is -2.41. The molecule has 3 aliphatic heterocycles. The number of carbonyl (C=O) groups is 6. The van der Waals surface area contributed by atoms with Crippen LogP contribution in [-0.2, 0) is 51.2 Å². The lowest BCUT2D eigenvalue weighted by atomic mass is 9.82. The van der Waals surface area contributed by atoms with E-state index in [4.69, 9.17) is 25.8 Å². The zero-order valence-electron chi connectivity index (χ0n) is 34.8. The normalized spacial score (nSPS) is 29.6. The molecular weight excluding hydrogens is 824 g/mol. The summed E-state index contributed by atoms with van der Waals surface area (Å²) in [5, 5.41) is 27.2. The van der Waals surface area contributed by atoms with Gasteiger partial charge in [0.15, 0.2) is 5.72 Å². The van der Waals surface area contributed by atoms with Crippen LogP contribution in [0, 0.1) is 11.8 Å². The minimum absolute atomic E-state index is 0.0293. The van der Waals surface area contributed by atoms with Gasteiger partial charge in [0.1, 0.15) is 30.1 Å². The number of anilines is 1. The summed E-state index contributed by atoms with van der Waals surface area (Å²) in [6.07, 6.45) is 2.65. The first-order chi connectivity index (χ1) is 27.8. The molecular formula is C41H57ClN4O11S2. The van der Waals surface area contributed by atoms with Crippen LogP contribution in [0.15, 0.2) is 35.9 Å². The van der Waals surface area contributed by atoms with Crippen LogP contribution in [0.25, 0.3) is 0 Å². The molecule has 4 rings (SSSR count). The van der Waals surface area contributed by atoms with Crippen molar-refractivity contribution < 1.29 is 53.2 Å². The summed E-state index contributed by atoms with van der Waals surface area (Å²) in [5.41, 5.74) is -1.02. The maximum Gasteiger partial charge on any atom is 0.409 e. The molecule has 1 unspecified atom stereocenters. The Bertz CT molecular complexity index is 1820. The number of esters is 1. The van der Waals surface area contributed by atoms with Crippen molar-refractivity contribution in [3.8, 4) is 0 Å². The Hall–Kier alpha value is -3.61. The lowest BCUT2D eigenvalue weighted by Crippen LogP contribution is -2.61. The molecule has 326 valence electrons. The molecule has 2 saturated heterocycles. The van der Waals surface area contributed by atoms with Crippen molar-refractivity contribution in [1.29, 1.82) is 0 Å². The second-order valence-electron chi connectivity index (χ2n) is 15.7. The summed E-state index contributed by atoms with van der Waals surface area (Å²) >= 11 is 6.73. The third-order valence-electron chi connectivity index (χ3n) is 11.3. The van der Waals surface area contributed by atoms with E-state index >= 15 is 0 Å². The van der Waals surface area contributed by atoms with Gasteiger partial charge in [-0.1, -0.05) is 76.9 Å². The minimum atomic E-state index is -2.00. The van der Waals surface area contributed by atoms with Crippen LogP contribution in [0.1, 0.15) is 77.8 Å². The second kappa shape index (κ2) is 20.8. The van der Waals surface area contributed by atoms with E-state index in [2.05, 4.69) is 10.6 Å². The number of epoxide rings is 1. The topological polar surface area (TPSA) is 204 Å². The van der Waals surface area contributed by atoms with Gasteiger partial charge >= 0.3 is 12.1 Å². The maximum atomic E-state index is 14.2. The number of aldehydes is 1. The number of hydrogen-bond donors (Lipinski definition) is 4. The van der Waals surface area contributed by atoms with Gasteiger partial charge in [-0.3, -0.25) is 19.7 Å². The summed E-state index contributed by atoms with van der Waals surface area (Å²) in [4.78, 5) is 80.6. The number of ether oxygens (including phenoxy) is 3. The number of aliphatic hydroxyl groups excluding tert-OH is 1. The molecule has 1 aromatic carbocycles. The van der Waals surface area contributed by atoms with Gasteiger partial charge in [0.2, 0.25) is 17.7 Å². The first-order valence-corrected chi connectivity index (χ1v) is 22.4. The van der Waals surface area contributed by atoms with Gasteiger partial charge in [-0.15, -0.1) is 0 Å². The minimum Gasteiger partial charge on any atom is -0.457 e. The fraction of sp³-hybridized carbons (Fsp3) is 0.610. The summed E-state index contributed by atoms with van der Waals surface area (Å²) in [7, 11) is 7.72. The number of allylic oxidation sites excluding steroid dienone is 3. The molecule has 18 heteroatoms. The van der Waals surface area contributed by atoms with Gasteiger partial charge in [0, 0.05) is 57.3 Å². The zero-order chi connectivity index (χ0) is 43.8. The van der Waals surface area contributed by atoms with Crippen LogP contribution >= 0.6 is 33.2 Å². The number of likely N-dealkylation sites (N-methyl/N-ethyl adjacent to an activating group) is 1. The highest BCUT2D eigenvalue weighted by Crippen LogP contribution is 2.49. The van der Waals surface area contributed by atoms with Gasteiger partial charge in [0.05, 0.1) is 35.8 Å². The number of benzene rings is 1.